The summed E-state index contributed by atoms with van der Waals surface area (Å²) < 4.78 is 27.1. The molecular formula is C13H22N4O2S. The summed E-state index contributed by atoms with van der Waals surface area (Å²) in [5, 5.41) is 2.91. The third-order valence-corrected chi connectivity index (χ3v) is 4.88. The van der Waals surface area contributed by atoms with Gasteiger partial charge in [-0.3, -0.25) is 0 Å². The Kier molecular flexibility index (Phi) is 5.33. The summed E-state index contributed by atoms with van der Waals surface area (Å²) >= 11 is 0. The molecule has 20 heavy (non-hydrogen) atoms. The molecule has 112 valence electrons. The Morgan fingerprint density at radius 1 is 1.30 bits per heavy atom. The fourth-order valence-corrected chi connectivity index (χ4v) is 3.54. The van der Waals surface area contributed by atoms with Crippen molar-refractivity contribution in [2.24, 2.45) is 0 Å². The molecule has 0 spiro atoms. The smallest absolute Gasteiger partial charge is 0.260 e. The summed E-state index contributed by atoms with van der Waals surface area (Å²) in [6.07, 6.45) is 5.18. The molecule has 0 bridgehead atoms. The van der Waals surface area contributed by atoms with Crippen LogP contribution in [0.15, 0.2) is 23.4 Å². The highest BCUT2D eigenvalue weighted by Crippen LogP contribution is 2.16. The second kappa shape index (κ2) is 7.01. The van der Waals surface area contributed by atoms with Crippen LogP contribution in [0, 0.1) is 0 Å². The van der Waals surface area contributed by atoms with Gasteiger partial charge in [-0.25, -0.2) is 18.1 Å². The standard InChI is InChI=1S/C13H22N4O2S/c1-14-12-6-5-7-15-13(12)20(18,19)16-8-11-17-9-3-2-4-10-17/h5-7,14,16H,2-4,8-11H2,1H3. The van der Waals surface area contributed by atoms with Gasteiger partial charge in [-0.15, -0.1) is 0 Å². The van der Waals surface area contributed by atoms with Crippen molar-refractivity contribution in [2.75, 3.05) is 38.5 Å². The lowest BCUT2D eigenvalue weighted by Crippen LogP contribution is -2.37. The van der Waals surface area contributed by atoms with E-state index in [0.29, 0.717) is 12.2 Å². The number of likely N-dealkylation sites (tertiary alicyclic amines) is 1. The van der Waals surface area contributed by atoms with Gasteiger partial charge < -0.3 is 10.2 Å². The summed E-state index contributed by atoms with van der Waals surface area (Å²) in [5.41, 5.74) is 0.512. The van der Waals surface area contributed by atoms with Crippen molar-refractivity contribution in [2.45, 2.75) is 24.3 Å². The maximum absolute atomic E-state index is 12.2. The van der Waals surface area contributed by atoms with Crippen molar-refractivity contribution in [1.29, 1.82) is 0 Å². The fraction of sp³-hybridized carbons (Fsp3) is 0.615. The molecule has 1 aromatic heterocycles. The van der Waals surface area contributed by atoms with Crippen LogP contribution in [0.5, 0.6) is 0 Å². The second-order valence-corrected chi connectivity index (χ2v) is 6.59. The van der Waals surface area contributed by atoms with Crippen molar-refractivity contribution in [1.82, 2.24) is 14.6 Å². The molecule has 6 nitrogen and oxygen atoms in total. The molecule has 2 rings (SSSR count). The molecule has 0 radical (unpaired) electrons. The van der Waals surface area contributed by atoms with Gasteiger partial charge in [-0.2, -0.15) is 0 Å². The van der Waals surface area contributed by atoms with Crippen LogP contribution in [-0.4, -0.2) is 51.5 Å². The van der Waals surface area contributed by atoms with Gasteiger partial charge in [0.2, 0.25) is 0 Å². The van der Waals surface area contributed by atoms with Gasteiger partial charge in [0, 0.05) is 26.3 Å². The van der Waals surface area contributed by atoms with E-state index in [1.807, 2.05) is 0 Å². The Bertz CT molecular complexity index is 527. The van der Waals surface area contributed by atoms with E-state index in [2.05, 4.69) is 19.9 Å². The van der Waals surface area contributed by atoms with Crippen molar-refractivity contribution >= 4 is 15.7 Å². The zero-order chi connectivity index (χ0) is 14.4. The number of aromatic nitrogens is 1. The van der Waals surface area contributed by atoms with Crippen molar-refractivity contribution in [3.8, 4) is 0 Å². The molecule has 1 aliphatic rings. The zero-order valence-electron chi connectivity index (χ0n) is 11.8. The molecule has 0 amide bonds. The van der Waals surface area contributed by atoms with E-state index < -0.39 is 10.0 Å². The lowest BCUT2D eigenvalue weighted by atomic mass is 10.1. The Hall–Kier alpha value is -1.18. The van der Waals surface area contributed by atoms with Crippen LogP contribution in [0.2, 0.25) is 0 Å². The maximum atomic E-state index is 12.2. The minimum absolute atomic E-state index is 0.0566. The fourth-order valence-electron chi connectivity index (χ4n) is 2.38. The summed E-state index contributed by atoms with van der Waals surface area (Å²) in [6.45, 7) is 3.29. The number of pyridine rings is 1. The number of nitrogens with zero attached hydrogens (tertiary/aromatic N) is 2. The molecule has 2 heterocycles. The molecule has 0 atom stereocenters. The first-order chi connectivity index (χ1) is 9.63. The minimum Gasteiger partial charge on any atom is -0.386 e. The Labute approximate surface area is 120 Å². The Balaban J connectivity index is 1.93. The Morgan fingerprint density at radius 2 is 2.05 bits per heavy atom. The third kappa shape index (κ3) is 3.91. The summed E-state index contributed by atoms with van der Waals surface area (Å²) in [4.78, 5) is 6.26. The molecule has 7 heteroatoms. The number of rotatable bonds is 6. The van der Waals surface area contributed by atoms with E-state index in [1.165, 1.54) is 25.5 Å². The molecule has 0 saturated carbocycles. The van der Waals surface area contributed by atoms with Crippen LogP contribution in [-0.2, 0) is 10.0 Å². The second-order valence-electron chi connectivity index (χ2n) is 4.91. The van der Waals surface area contributed by atoms with Crippen molar-refractivity contribution in [3.05, 3.63) is 18.3 Å². The number of hydrogen-bond donors (Lipinski definition) is 2. The van der Waals surface area contributed by atoms with Crippen LogP contribution in [0.1, 0.15) is 19.3 Å². The van der Waals surface area contributed by atoms with Crippen LogP contribution >= 0.6 is 0 Å². The van der Waals surface area contributed by atoms with Gasteiger partial charge >= 0.3 is 0 Å². The van der Waals surface area contributed by atoms with Crippen LogP contribution in [0.25, 0.3) is 0 Å². The first-order valence-corrected chi connectivity index (χ1v) is 8.46. The van der Waals surface area contributed by atoms with Crippen molar-refractivity contribution < 1.29 is 8.42 Å². The van der Waals surface area contributed by atoms with E-state index in [0.717, 1.165) is 19.6 Å². The van der Waals surface area contributed by atoms with E-state index in [9.17, 15) is 8.42 Å². The van der Waals surface area contributed by atoms with Crippen LogP contribution in [0.4, 0.5) is 5.69 Å². The highest BCUT2D eigenvalue weighted by molar-refractivity contribution is 7.89. The molecule has 0 aromatic carbocycles. The summed E-state index contributed by atoms with van der Waals surface area (Å²) in [5.74, 6) is 0. The molecule has 1 aromatic rings. The molecular weight excluding hydrogens is 276 g/mol. The minimum atomic E-state index is -3.55. The largest absolute Gasteiger partial charge is 0.386 e. The van der Waals surface area contributed by atoms with Gasteiger partial charge in [0.1, 0.15) is 0 Å². The van der Waals surface area contributed by atoms with E-state index in [4.69, 9.17) is 0 Å². The highest BCUT2D eigenvalue weighted by Gasteiger charge is 2.19. The molecule has 1 saturated heterocycles. The maximum Gasteiger partial charge on any atom is 0.260 e. The normalized spacial score (nSPS) is 17.1. The molecule has 1 fully saturated rings. The summed E-state index contributed by atoms with van der Waals surface area (Å²) in [6, 6.07) is 3.41. The van der Waals surface area contributed by atoms with E-state index >= 15 is 0 Å². The number of sulfonamides is 1. The number of anilines is 1. The topological polar surface area (TPSA) is 74.3 Å². The average Bonchev–Trinajstić information content (AvgIpc) is 2.48. The number of hydrogen-bond acceptors (Lipinski definition) is 5. The average molecular weight is 298 g/mol. The quantitative estimate of drug-likeness (QED) is 0.816. The van der Waals surface area contributed by atoms with Gasteiger partial charge in [0.15, 0.2) is 5.03 Å². The number of nitrogens with one attached hydrogen (secondary N) is 2. The highest BCUT2D eigenvalue weighted by atomic mass is 32.2. The molecule has 0 aliphatic carbocycles. The van der Waals surface area contributed by atoms with Crippen LogP contribution in [0.3, 0.4) is 0 Å². The van der Waals surface area contributed by atoms with Gasteiger partial charge in [0.25, 0.3) is 10.0 Å². The molecule has 1 aliphatic heterocycles. The SMILES string of the molecule is CNc1cccnc1S(=O)(=O)NCCN1CCCCC1. The van der Waals surface area contributed by atoms with Gasteiger partial charge in [-0.05, 0) is 38.1 Å². The molecule has 2 N–H and O–H groups in total. The van der Waals surface area contributed by atoms with Gasteiger partial charge in [0.05, 0.1) is 5.69 Å². The third-order valence-electron chi connectivity index (χ3n) is 3.46. The molecule has 0 unspecified atom stereocenters. The number of piperidine rings is 1. The monoisotopic (exact) mass is 298 g/mol. The van der Waals surface area contributed by atoms with E-state index in [1.54, 1.807) is 19.2 Å². The lowest BCUT2D eigenvalue weighted by Gasteiger charge is -2.26. The van der Waals surface area contributed by atoms with Gasteiger partial charge in [-0.1, -0.05) is 6.42 Å². The lowest BCUT2D eigenvalue weighted by molar-refractivity contribution is 0.232. The van der Waals surface area contributed by atoms with E-state index in [-0.39, 0.29) is 5.03 Å². The predicted octanol–water partition coefficient (Wildman–Crippen LogP) is 0.887. The predicted molar refractivity (Wildman–Crippen MR) is 79.3 cm³/mol. The summed E-state index contributed by atoms with van der Waals surface area (Å²) in [7, 11) is -1.87. The zero-order valence-corrected chi connectivity index (χ0v) is 12.6. The van der Waals surface area contributed by atoms with Crippen molar-refractivity contribution in [3.63, 3.8) is 0 Å². The Morgan fingerprint density at radius 3 is 2.75 bits per heavy atom. The first kappa shape index (κ1) is 15.2. The van der Waals surface area contributed by atoms with Crippen LogP contribution < -0.4 is 10.0 Å². The first-order valence-electron chi connectivity index (χ1n) is 6.98.